The van der Waals surface area contributed by atoms with Crippen LogP contribution in [0.25, 0.3) is 0 Å². The smallest absolute Gasteiger partial charge is 0.255 e. The van der Waals surface area contributed by atoms with E-state index in [1.165, 1.54) is 18.3 Å². The molecule has 0 unspecified atom stereocenters. The molecular formula is C23H21ClN2O4S. The Balaban J connectivity index is 1.37. The fraction of sp³-hybridized carbons (Fsp3) is 0.217. The van der Waals surface area contributed by atoms with Gasteiger partial charge >= 0.3 is 0 Å². The second kappa shape index (κ2) is 9.08. The normalized spacial score (nSPS) is 14.9. The maximum absolute atomic E-state index is 12.9. The first kappa shape index (κ1) is 21.3. The highest BCUT2D eigenvalue weighted by atomic mass is 35.5. The quantitative estimate of drug-likeness (QED) is 0.560. The molecule has 1 aliphatic rings. The van der Waals surface area contributed by atoms with Crippen LogP contribution in [0.3, 0.4) is 0 Å². The van der Waals surface area contributed by atoms with Gasteiger partial charge in [0.2, 0.25) is 5.88 Å². The standard InChI is InChI=1S/C23H21ClN2O4S/c24-18-7-9-20(10-8-18)31(28,29)21-12-14-26(15-13-21)23(27)17-6-11-22(25-16-17)30-19-4-2-1-3-5-19/h1-11,16,21H,12-15H2. The molecule has 2 aromatic carbocycles. The minimum absolute atomic E-state index is 0.166. The molecular weight excluding hydrogens is 436 g/mol. The molecule has 3 aromatic rings. The van der Waals surface area contributed by atoms with Crippen molar-refractivity contribution >= 4 is 27.3 Å². The van der Waals surface area contributed by atoms with Gasteiger partial charge in [0.15, 0.2) is 9.84 Å². The molecule has 31 heavy (non-hydrogen) atoms. The highest BCUT2D eigenvalue weighted by Crippen LogP contribution is 2.26. The third kappa shape index (κ3) is 4.89. The third-order valence-electron chi connectivity index (χ3n) is 5.26. The monoisotopic (exact) mass is 456 g/mol. The van der Waals surface area contributed by atoms with Crippen LogP contribution in [0, 0.1) is 0 Å². The van der Waals surface area contributed by atoms with Crippen LogP contribution in [-0.4, -0.2) is 42.5 Å². The van der Waals surface area contributed by atoms with Gasteiger partial charge in [0.05, 0.1) is 15.7 Å². The van der Waals surface area contributed by atoms with Crippen LogP contribution < -0.4 is 4.74 Å². The first-order valence-electron chi connectivity index (χ1n) is 9.91. The highest BCUT2D eigenvalue weighted by molar-refractivity contribution is 7.92. The Hall–Kier alpha value is -2.90. The highest BCUT2D eigenvalue weighted by Gasteiger charge is 2.33. The summed E-state index contributed by atoms with van der Waals surface area (Å²) >= 11 is 5.86. The average Bonchev–Trinajstić information content (AvgIpc) is 2.80. The lowest BCUT2D eigenvalue weighted by Gasteiger charge is -2.31. The van der Waals surface area contributed by atoms with Gasteiger partial charge in [-0.15, -0.1) is 0 Å². The van der Waals surface area contributed by atoms with Crippen LogP contribution in [0.4, 0.5) is 0 Å². The summed E-state index contributed by atoms with van der Waals surface area (Å²) in [6.45, 7) is 0.747. The number of carbonyl (C=O) groups is 1. The van der Waals surface area contributed by atoms with Crippen molar-refractivity contribution in [3.8, 4) is 11.6 Å². The molecule has 0 saturated carbocycles. The number of amides is 1. The molecule has 1 amide bonds. The number of carbonyl (C=O) groups excluding carboxylic acids is 1. The van der Waals surface area contributed by atoms with Crippen LogP contribution in [0.1, 0.15) is 23.2 Å². The number of nitrogens with zero attached hydrogens (tertiary/aromatic N) is 2. The predicted octanol–water partition coefficient (Wildman–Crippen LogP) is 4.61. The van der Waals surface area contributed by atoms with E-state index in [9.17, 15) is 13.2 Å². The molecule has 0 aliphatic carbocycles. The predicted molar refractivity (Wildman–Crippen MR) is 118 cm³/mol. The van der Waals surface area contributed by atoms with Crippen molar-refractivity contribution in [1.82, 2.24) is 9.88 Å². The Bertz CT molecular complexity index is 1140. The zero-order valence-corrected chi connectivity index (χ0v) is 18.2. The SMILES string of the molecule is O=C(c1ccc(Oc2ccccc2)nc1)N1CCC(S(=O)(=O)c2ccc(Cl)cc2)CC1. The molecule has 1 aliphatic heterocycles. The third-order valence-corrected chi connectivity index (χ3v) is 7.79. The zero-order valence-electron chi connectivity index (χ0n) is 16.6. The summed E-state index contributed by atoms with van der Waals surface area (Å²) in [6, 6.07) is 18.8. The summed E-state index contributed by atoms with van der Waals surface area (Å²) in [6.07, 6.45) is 2.26. The molecule has 6 nitrogen and oxygen atoms in total. The summed E-state index contributed by atoms with van der Waals surface area (Å²) in [5, 5.41) is -0.0225. The lowest BCUT2D eigenvalue weighted by molar-refractivity contribution is 0.0725. The summed E-state index contributed by atoms with van der Waals surface area (Å²) in [4.78, 5) is 19.0. The summed E-state index contributed by atoms with van der Waals surface area (Å²) in [7, 11) is -3.45. The summed E-state index contributed by atoms with van der Waals surface area (Å²) in [5.74, 6) is 0.898. The van der Waals surface area contributed by atoms with Gasteiger partial charge in [0.1, 0.15) is 5.75 Å². The molecule has 2 heterocycles. The van der Waals surface area contributed by atoms with Crippen LogP contribution in [0.2, 0.25) is 5.02 Å². The molecule has 0 spiro atoms. The van der Waals surface area contributed by atoms with Crippen molar-refractivity contribution in [3.05, 3.63) is 83.5 Å². The number of aromatic nitrogens is 1. The Morgan fingerprint density at radius 2 is 1.65 bits per heavy atom. The van der Waals surface area contributed by atoms with E-state index >= 15 is 0 Å². The number of likely N-dealkylation sites (tertiary alicyclic amines) is 1. The van der Waals surface area contributed by atoms with Crippen LogP contribution >= 0.6 is 11.6 Å². The van der Waals surface area contributed by atoms with Crippen molar-refractivity contribution in [2.24, 2.45) is 0 Å². The topological polar surface area (TPSA) is 76.6 Å². The number of pyridine rings is 1. The van der Waals surface area contributed by atoms with Gasteiger partial charge in [-0.2, -0.15) is 0 Å². The Labute approximate surface area is 186 Å². The second-order valence-electron chi connectivity index (χ2n) is 7.29. The van der Waals surface area contributed by atoms with E-state index in [-0.39, 0.29) is 10.8 Å². The molecule has 0 bridgehead atoms. The largest absolute Gasteiger partial charge is 0.439 e. The summed E-state index contributed by atoms with van der Waals surface area (Å²) < 4.78 is 31.4. The first-order chi connectivity index (χ1) is 14.9. The van der Waals surface area contributed by atoms with E-state index in [1.54, 1.807) is 29.2 Å². The van der Waals surface area contributed by atoms with Gasteiger partial charge in [-0.25, -0.2) is 13.4 Å². The number of piperidine rings is 1. The molecule has 160 valence electrons. The second-order valence-corrected chi connectivity index (χ2v) is 9.96. The zero-order chi connectivity index (χ0) is 21.8. The van der Waals surface area contributed by atoms with E-state index in [4.69, 9.17) is 16.3 Å². The lowest BCUT2D eigenvalue weighted by Crippen LogP contribution is -2.42. The van der Waals surface area contributed by atoms with Gasteiger partial charge in [-0.05, 0) is 55.3 Å². The van der Waals surface area contributed by atoms with E-state index in [0.29, 0.717) is 48.1 Å². The van der Waals surface area contributed by atoms with Crippen molar-refractivity contribution in [1.29, 1.82) is 0 Å². The first-order valence-corrected chi connectivity index (χ1v) is 11.8. The maximum Gasteiger partial charge on any atom is 0.255 e. The maximum atomic E-state index is 12.9. The van der Waals surface area contributed by atoms with Crippen LogP contribution in [-0.2, 0) is 9.84 Å². The molecule has 0 atom stereocenters. The Kier molecular flexibility index (Phi) is 6.25. The van der Waals surface area contributed by atoms with Crippen LogP contribution in [0.5, 0.6) is 11.6 Å². The van der Waals surface area contributed by atoms with Crippen LogP contribution in [0.15, 0.2) is 77.8 Å². The number of hydrogen-bond acceptors (Lipinski definition) is 5. The number of ether oxygens (including phenoxy) is 1. The van der Waals surface area contributed by atoms with Gasteiger partial charge in [-0.3, -0.25) is 4.79 Å². The molecule has 4 rings (SSSR count). The number of halogens is 1. The van der Waals surface area contributed by atoms with E-state index in [0.717, 1.165) is 0 Å². The number of hydrogen-bond donors (Lipinski definition) is 0. The van der Waals surface area contributed by atoms with Crippen molar-refractivity contribution in [3.63, 3.8) is 0 Å². The van der Waals surface area contributed by atoms with Crippen molar-refractivity contribution < 1.29 is 17.9 Å². The lowest BCUT2D eigenvalue weighted by atomic mass is 10.1. The fourth-order valence-corrected chi connectivity index (χ4v) is 5.40. The number of benzene rings is 2. The minimum Gasteiger partial charge on any atom is -0.439 e. The van der Waals surface area contributed by atoms with Gasteiger partial charge in [0, 0.05) is 30.4 Å². The molecule has 0 N–H and O–H groups in total. The Morgan fingerprint density at radius 1 is 0.968 bits per heavy atom. The summed E-state index contributed by atoms with van der Waals surface area (Å²) in [5.41, 5.74) is 0.444. The molecule has 1 aromatic heterocycles. The van der Waals surface area contributed by atoms with E-state index in [1.807, 2.05) is 30.3 Å². The van der Waals surface area contributed by atoms with E-state index < -0.39 is 15.1 Å². The number of rotatable bonds is 5. The molecule has 0 radical (unpaired) electrons. The number of para-hydroxylation sites is 1. The fourth-order valence-electron chi connectivity index (χ4n) is 3.54. The number of sulfone groups is 1. The van der Waals surface area contributed by atoms with Gasteiger partial charge in [-0.1, -0.05) is 29.8 Å². The minimum atomic E-state index is -3.45. The van der Waals surface area contributed by atoms with E-state index in [2.05, 4.69) is 4.98 Å². The molecule has 1 fully saturated rings. The van der Waals surface area contributed by atoms with Crippen molar-refractivity contribution in [2.75, 3.05) is 13.1 Å². The Morgan fingerprint density at radius 3 is 2.26 bits per heavy atom. The molecule has 8 heteroatoms. The van der Waals surface area contributed by atoms with Gasteiger partial charge in [0.25, 0.3) is 5.91 Å². The van der Waals surface area contributed by atoms with Gasteiger partial charge < -0.3 is 9.64 Å². The average molecular weight is 457 g/mol. The molecule has 1 saturated heterocycles. The van der Waals surface area contributed by atoms with Crippen molar-refractivity contribution in [2.45, 2.75) is 23.0 Å².